The van der Waals surface area contributed by atoms with E-state index in [1.165, 1.54) is 11.1 Å². The molecule has 0 unspecified atom stereocenters. The molecule has 184 valence electrons. The Morgan fingerprint density at radius 1 is 0.385 bits per heavy atom. The lowest BCUT2D eigenvalue weighted by Crippen LogP contribution is -2.09. The van der Waals surface area contributed by atoms with Crippen LogP contribution in [0.15, 0.2) is 148 Å². The van der Waals surface area contributed by atoms with Crippen molar-refractivity contribution in [3.05, 3.63) is 140 Å². The third-order valence-corrected chi connectivity index (χ3v) is 7.44. The fourth-order valence-corrected chi connectivity index (χ4v) is 5.62. The zero-order valence-corrected chi connectivity index (χ0v) is 21.0. The van der Waals surface area contributed by atoms with E-state index in [0.29, 0.717) is 0 Å². The third-order valence-electron chi connectivity index (χ3n) is 7.44. The summed E-state index contributed by atoms with van der Waals surface area (Å²) < 4.78 is 13.0. The van der Waals surface area contributed by atoms with E-state index >= 15 is 0 Å². The lowest BCUT2D eigenvalue weighted by atomic mass is 10.0. The summed E-state index contributed by atoms with van der Waals surface area (Å²) in [7, 11) is 0. The average Bonchev–Trinajstić information content (AvgIpc) is 3.55. The van der Waals surface area contributed by atoms with Gasteiger partial charge < -0.3 is 13.7 Å². The van der Waals surface area contributed by atoms with Crippen LogP contribution >= 0.6 is 0 Å². The number of anilines is 3. The second-order valence-corrected chi connectivity index (χ2v) is 9.79. The lowest BCUT2D eigenvalue weighted by molar-refractivity contribution is 0.664. The molecule has 3 heteroatoms. The minimum atomic E-state index is 0.846. The van der Waals surface area contributed by atoms with Gasteiger partial charge in [0.2, 0.25) is 0 Å². The number of para-hydroxylation sites is 3. The number of hydrogen-bond donors (Lipinski definition) is 0. The van der Waals surface area contributed by atoms with E-state index in [0.717, 1.165) is 60.9 Å². The maximum absolute atomic E-state index is 6.67. The lowest BCUT2D eigenvalue weighted by Gasteiger charge is -2.25. The Bertz CT molecular complexity index is 2070. The first-order valence-corrected chi connectivity index (χ1v) is 13.1. The van der Waals surface area contributed by atoms with Gasteiger partial charge in [-0.15, -0.1) is 0 Å². The van der Waals surface area contributed by atoms with Gasteiger partial charge in [-0.1, -0.05) is 84.9 Å². The monoisotopic (exact) mass is 501 g/mol. The third kappa shape index (κ3) is 3.52. The van der Waals surface area contributed by atoms with Crippen LogP contribution in [0.1, 0.15) is 0 Å². The van der Waals surface area contributed by atoms with Crippen LogP contribution in [0, 0.1) is 0 Å². The Labute approximate surface area is 225 Å². The SMILES string of the molecule is c1ccc(-c2ccc3oc4cc5c(cc4c3c2)oc2c(N(c3ccccc3)c3ccccc3)cccc25)cc1. The van der Waals surface area contributed by atoms with Crippen molar-refractivity contribution >= 4 is 60.9 Å². The predicted octanol–water partition coefficient (Wildman–Crippen LogP) is 10.6. The van der Waals surface area contributed by atoms with E-state index < -0.39 is 0 Å². The quantitative estimate of drug-likeness (QED) is 0.240. The molecule has 0 amide bonds. The molecule has 3 nitrogen and oxygen atoms in total. The summed E-state index contributed by atoms with van der Waals surface area (Å²) in [5, 5.41) is 4.25. The molecule has 39 heavy (non-hydrogen) atoms. The summed E-state index contributed by atoms with van der Waals surface area (Å²) in [6.07, 6.45) is 0. The number of nitrogens with zero attached hydrogens (tertiary/aromatic N) is 1. The zero-order valence-electron chi connectivity index (χ0n) is 21.0. The van der Waals surface area contributed by atoms with E-state index in [9.17, 15) is 0 Å². The summed E-state index contributed by atoms with van der Waals surface area (Å²) in [5.41, 5.74) is 8.93. The molecule has 0 radical (unpaired) electrons. The highest BCUT2D eigenvalue weighted by Gasteiger charge is 2.20. The first-order valence-electron chi connectivity index (χ1n) is 13.1. The van der Waals surface area contributed by atoms with Crippen LogP contribution in [0.5, 0.6) is 0 Å². The zero-order chi connectivity index (χ0) is 25.8. The van der Waals surface area contributed by atoms with Gasteiger partial charge in [0.1, 0.15) is 16.7 Å². The van der Waals surface area contributed by atoms with Crippen LogP contribution in [0.4, 0.5) is 17.1 Å². The Morgan fingerprint density at radius 2 is 0.974 bits per heavy atom. The molecule has 0 saturated carbocycles. The minimum Gasteiger partial charge on any atom is -0.456 e. The number of hydrogen-bond acceptors (Lipinski definition) is 3. The van der Waals surface area contributed by atoms with Gasteiger partial charge in [0.25, 0.3) is 0 Å². The van der Waals surface area contributed by atoms with E-state index in [4.69, 9.17) is 8.83 Å². The van der Waals surface area contributed by atoms with Crippen molar-refractivity contribution in [3.8, 4) is 11.1 Å². The van der Waals surface area contributed by atoms with Crippen molar-refractivity contribution < 1.29 is 8.83 Å². The highest BCUT2D eigenvalue weighted by atomic mass is 16.3. The second kappa shape index (κ2) is 8.64. The topological polar surface area (TPSA) is 29.5 Å². The second-order valence-electron chi connectivity index (χ2n) is 9.79. The molecule has 0 aliphatic heterocycles. The van der Waals surface area contributed by atoms with Gasteiger partial charge in [0.05, 0.1) is 5.69 Å². The van der Waals surface area contributed by atoms with Crippen LogP contribution < -0.4 is 4.90 Å². The highest BCUT2D eigenvalue weighted by Crippen LogP contribution is 2.43. The Balaban J connectivity index is 1.36. The van der Waals surface area contributed by atoms with Crippen LogP contribution in [0.25, 0.3) is 55.0 Å². The van der Waals surface area contributed by atoms with E-state index in [1.54, 1.807) is 0 Å². The van der Waals surface area contributed by atoms with Gasteiger partial charge in [0, 0.05) is 32.9 Å². The maximum atomic E-state index is 6.67. The Hall–Kier alpha value is -5.28. The van der Waals surface area contributed by atoms with Gasteiger partial charge in [-0.2, -0.15) is 0 Å². The normalized spacial score (nSPS) is 11.6. The van der Waals surface area contributed by atoms with Crippen LogP contribution in [0.3, 0.4) is 0 Å². The van der Waals surface area contributed by atoms with Gasteiger partial charge in [-0.3, -0.25) is 0 Å². The molecule has 0 atom stereocenters. The number of fused-ring (bicyclic) bond motifs is 6. The fourth-order valence-electron chi connectivity index (χ4n) is 5.62. The van der Waals surface area contributed by atoms with E-state index in [2.05, 4.69) is 126 Å². The molecule has 0 N–H and O–H groups in total. The van der Waals surface area contributed by atoms with Gasteiger partial charge in [0.15, 0.2) is 5.58 Å². The molecule has 2 aromatic heterocycles. The fraction of sp³-hybridized carbons (Fsp3) is 0. The summed E-state index contributed by atoms with van der Waals surface area (Å²) in [5.74, 6) is 0. The summed E-state index contributed by atoms with van der Waals surface area (Å²) in [4.78, 5) is 2.25. The highest BCUT2D eigenvalue weighted by molar-refractivity contribution is 6.17. The molecule has 2 heterocycles. The first-order chi connectivity index (χ1) is 19.3. The van der Waals surface area contributed by atoms with Crippen molar-refractivity contribution in [3.63, 3.8) is 0 Å². The predicted molar refractivity (Wildman–Crippen MR) is 161 cm³/mol. The summed E-state index contributed by atoms with van der Waals surface area (Å²) in [6, 6.07) is 48.2. The summed E-state index contributed by atoms with van der Waals surface area (Å²) >= 11 is 0. The Morgan fingerprint density at radius 3 is 1.67 bits per heavy atom. The van der Waals surface area contributed by atoms with Gasteiger partial charge in [-0.05, 0) is 65.7 Å². The van der Waals surface area contributed by atoms with Crippen LogP contribution in [-0.2, 0) is 0 Å². The number of rotatable bonds is 4. The van der Waals surface area contributed by atoms with Gasteiger partial charge in [-0.25, -0.2) is 0 Å². The van der Waals surface area contributed by atoms with Crippen molar-refractivity contribution in [2.24, 2.45) is 0 Å². The molecule has 0 aliphatic rings. The summed E-state index contributed by atoms with van der Waals surface area (Å²) in [6.45, 7) is 0. The first kappa shape index (κ1) is 21.8. The van der Waals surface area contributed by atoms with E-state index in [1.807, 2.05) is 18.2 Å². The molecule has 8 aromatic rings. The van der Waals surface area contributed by atoms with Crippen LogP contribution in [-0.4, -0.2) is 0 Å². The molecular formula is C36H23NO2. The molecule has 0 saturated heterocycles. The van der Waals surface area contributed by atoms with Gasteiger partial charge >= 0.3 is 0 Å². The molecule has 0 aliphatic carbocycles. The van der Waals surface area contributed by atoms with Crippen LogP contribution in [0.2, 0.25) is 0 Å². The van der Waals surface area contributed by atoms with E-state index in [-0.39, 0.29) is 0 Å². The number of furan rings is 2. The maximum Gasteiger partial charge on any atom is 0.159 e. The van der Waals surface area contributed by atoms with Crippen molar-refractivity contribution in [1.29, 1.82) is 0 Å². The minimum absolute atomic E-state index is 0.846. The van der Waals surface area contributed by atoms with Crippen molar-refractivity contribution in [1.82, 2.24) is 0 Å². The smallest absolute Gasteiger partial charge is 0.159 e. The average molecular weight is 502 g/mol. The Kier molecular flexibility index (Phi) is 4.82. The molecule has 0 fully saturated rings. The van der Waals surface area contributed by atoms with Crippen molar-refractivity contribution in [2.75, 3.05) is 4.90 Å². The number of benzene rings is 6. The largest absolute Gasteiger partial charge is 0.456 e. The molecule has 0 bridgehead atoms. The molecule has 6 aromatic carbocycles. The molecule has 8 rings (SSSR count). The standard InChI is InChI=1S/C36H23NO2/c1-4-11-24(12-5-1)25-19-20-33-29(21-25)31-23-35-30(22-34(31)38-33)28-17-10-18-32(36(28)39-35)37(26-13-6-2-7-14-26)27-15-8-3-9-16-27/h1-23H. The molecule has 0 spiro atoms. The molecular weight excluding hydrogens is 478 g/mol. The van der Waals surface area contributed by atoms with Crippen molar-refractivity contribution in [2.45, 2.75) is 0 Å².